The molecule has 230 valence electrons. The molecule has 1 saturated heterocycles. The van der Waals surface area contributed by atoms with Crippen molar-refractivity contribution in [1.82, 2.24) is 15.2 Å². The zero-order valence-electron chi connectivity index (χ0n) is 24.6. The second-order valence-corrected chi connectivity index (χ2v) is 12.8. The Morgan fingerprint density at radius 3 is 2.59 bits per heavy atom. The molecule has 1 unspecified atom stereocenters. The molecular weight excluding hydrogens is 604 g/mol. The average Bonchev–Trinajstić information content (AvgIpc) is 3.79. The quantitative estimate of drug-likeness (QED) is 0.249. The topological polar surface area (TPSA) is 114 Å². The Morgan fingerprint density at radius 1 is 1.07 bits per heavy atom. The van der Waals surface area contributed by atoms with Crippen LogP contribution in [0, 0.1) is 0 Å². The van der Waals surface area contributed by atoms with E-state index in [9.17, 15) is 8.42 Å². The third-order valence-corrected chi connectivity index (χ3v) is 10.3. The van der Waals surface area contributed by atoms with Crippen molar-refractivity contribution in [3.8, 4) is 11.5 Å². The summed E-state index contributed by atoms with van der Waals surface area (Å²) in [7, 11) is -1.56. The summed E-state index contributed by atoms with van der Waals surface area (Å²) in [5, 5.41) is 3.69. The molecule has 3 heterocycles. The number of amides is 1. The number of hydrogen-bond acceptors (Lipinski definition) is 9. The number of hydrogen-bond donors (Lipinski definition) is 1. The lowest BCUT2D eigenvalue weighted by Crippen LogP contribution is -2.54. The van der Waals surface area contributed by atoms with Crippen molar-refractivity contribution in [2.75, 3.05) is 31.6 Å². The molecule has 2 atom stereocenters. The summed E-state index contributed by atoms with van der Waals surface area (Å²) in [6.07, 6.45) is 4.42. The number of para-hydroxylation sites is 1. The van der Waals surface area contributed by atoms with Gasteiger partial charge in [0.05, 0.1) is 32.1 Å². The summed E-state index contributed by atoms with van der Waals surface area (Å²) >= 11 is 6.64. The van der Waals surface area contributed by atoms with Crippen LogP contribution in [0.25, 0.3) is 0 Å². The summed E-state index contributed by atoms with van der Waals surface area (Å²) < 4.78 is 47.2. The van der Waals surface area contributed by atoms with Crippen molar-refractivity contribution in [1.29, 1.82) is 0 Å². The van der Waals surface area contributed by atoms with E-state index in [1.165, 1.54) is 26.5 Å². The maximum atomic E-state index is 15.4. The Bertz CT molecular complexity index is 1800. The predicted molar refractivity (Wildman–Crippen MR) is 165 cm³/mol. The maximum Gasteiger partial charge on any atom is 0.274 e. The Labute approximate surface area is 261 Å². The van der Waals surface area contributed by atoms with Crippen LogP contribution in [0.1, 0.15) is 48.4 Å². The number of fused-ring (bicyclic) bond motifs is 1. The molecule has 0 radical (unpaired) electrons. The van der Waals surface area contributed by atoms with Gasteiger partial charge in [-0.05, 0) is 67.4 Å². The van der Waals surface area contributed by atoms with E-state index in [4.69, 9.17) is 25.5 Å². The van der Waals surface area contributed by atoms with E-state index in [1.54, 1.807) is 42.6 Å². The molecule has 0 bridgehead atoms. The SMILES string of the molecule is CCNCc1ccc(OC)c(C2(N3CCC[C@H]3c3ncco3)C(=O)N(S(=O)(=O)c3ccccc3OC)c3ccc(Cl)cc32)c1. The molecule has 1 aromatic heterocycles. The highest BCUT2D eigenvalue weighted by atomic mass is 35.5. The van der Waals surface area contributed by atoms with E-state index in [0.717, 1.165) is 22.8 Å². The second kappa shape index (κ2) is 11.9. The third kappa shape index (κ3) is 4.66. The fourth-order valence-corrected chi connectivity index (χ4v) is 8.24. The number of benzene rings is 3. The van der Waals surface area contributed by atoms with E-state index in [2.05, 4.69) is 10.3 Å². The first-order valence-corrected chi connectivity index (χ1v) is 16.2. The van der Waals surface area contributed by atoms with Crippen LogP contribution >= 0.6 is 11.6 Å². The molecule has 1 amide bonds. The minimum Gasteiger partial charge on any atom is -0.496 e. The number of nitrogens with zero attached hydrogens (tertiary/aromatic N) is 3. The Kier molecular flexibility index (Phi) is 8.14. The van der Waals surface area contributed by atoms with E-state index < -0.39 is 27.5 Å². The fraction of sp³-hybridized carbons (Fsp3) is 0.312. The molecular formula is C32H33ClN4O6S. The fourth-order valence-electron chi connectivity index (χ4n) is 6.45. The van der Waals surface area contributed by atoms with Crippen molar-refractivity contribution in [3.05, 3.63) is 101 Å². The number of carbonyl (C=O) groups excluding carboxylic acids is 1. The third-order valence-electron chi connectivity index (χ3n) is 8.30. The van der Waals surface area contributed by atoms with Gasteiger partial charge in [-0.3, -0.25) is 9.69 Å². The van der Waals surface area contributed by atoms with Crippen LogP contribution in [-0.2, 0) is 26.9 Å². The number of methoxy groups -OCH3 is 2. The molecule has 0 saturated carbocycles. The van der Waals surface area contributed by atoms with Crippen LogP contribution in [-0.4, -0.2) is 51.5 Å². The molecule has 1 N–H and O–H groups in total. The number of likely N-dealkylation sites (tertiary alicyclic amines) is 1. The number of nitrogens with one attached hydrogen (secondary N) is 1. The van der Waals surface area contributed by atoms with Crippen LogP contribution in [0.4, 0.5) is 5.69 Å². The summed E-state index contributed by atoms with van der Waals surface area (Å²) in [5.41, 5.74) is 0.350. The zero-order chi connectivity index (χ0) is 31.1. The monoisotopic (exact) mass is 636 g/mol. The highest BCUT2D eigenvalue weighted by Crippen LogP contribution is 2.57. The lowest BCUT2D eigenvalue weighted by Gasteiger charge is -2.41. The van der Waals surface area contributed by atoms with Crippen LogP contribution in [0.15, 0.2) is 82.4 Å². The first kappa shape index (κ1) is 30.1. The number of oxazole rings is 1. The minimum atomic E-state index is -4.48. The van der Waals surface area contributed by atoms with E-state index in [-0.39, 0.29) is 16.3 Å². The molecule has 2 aliphatic rings. The van der Waals surface area contributed by atoms with Gasteiger partial charge in [-0.1, -0.05) is 36.7 Å². The Balaban J connectivity index is 1.68. The summed E-state index contributed by atoms with van der Waals surface area (Å²) in [6.45, 7) is 3.74. The number of carbonyl (C=O) groups is 1. The zero-order valence-corrected chi connectivity index (χ0v) is 26.2. The van der Waals surface area contributed by atoms with Gasteiger partial charge in [0.25, 0.3) is 15.9 Å². The lowest BCUT2D eigenvalue weighted by molar-refractivity contribution is -0.127. The van der Waals surface area contributed by atoms with E-state index in [0.29, 0.717) is 47.3 Å². The van der Waals surface area contributed by atoms with Gasteiger partial charge in [-0.2, -0.15) is 0 Å². The Morgan fingerprint density at radius 2 is 1.86 bits per heavy atom. The molecule has 44 heavy (non-hydrogen) atoms. The van der Waals surface area contributed by atoms with Crippen molar-refractivity contribution in [2.45, 2.75) is 42.8 Å². The number of rotatable bonds is 10. The highest BCUT2D eigenvalue weighted by Gasteiger charge is 2.63. The van der Waals surface area contributed by atoms with Gasteiger partial charge in [0, 0.05) is 29.2 Å². The van der Waals surface area contributed by atoms with Crippen LogP contribution in [0.2, 0.25) is 5.02 Å². The van der Waals surface area contributed by atoms with Gasteiger partial charge < -0.3 is 19.2 Å². The number of halogens is 1. The first-order chi connectivity index (χ1) is 21.3. The van der Waals surface area contributed by atoms with Crippen LogP contribution in [0.5, 0.6) is 11.5 Å². The van der Waals surface area contributed by atoms with Crippen molar-refractivity contribution in [2.24, 2.45) is 0 Å². The molecule has 1 fully saturated rings. The largest absolute Gasteiger partial charge is 0.496 e. The summed E-state index contributed by atoms with van der Waals surface area (Å²) in [4.78, 5) is 21.7. The normalized spacial score (nSPS) is 20.2. The predicted octanol–water partition coefficient (Wildman–Crippen LogP) is 5.27. The van der Waals surface area contributed by atoms with Gasteiger partial charge in [0.15, 0.2) is 5.54 Å². The smallest absolute Gasteiger partial charge is 0.274 e. The average molecular weight is 637 g/mol. The molecule has 12 heteroatoms. The number of aromatic nitrogens is 1. The number of ether oxygens (including phenoxy) is 2. The van der Waals surface area contributed by atoms with Gasteiger partial charge in [0.2, 0.25) is 5.89 Å². The molecule has 0 spiro atoms. The van der Waals surface area contributed by atoms with Gasteiger partial charge in [0.1, 0.15) is 22.7 Å². The second-order valence-electron chi connectivity index (χ2n) is 10.6. The van der Waals surface area contributed by atoms with Crippen molar-refractivity contribution in [3.63, 3.8) is 0 Å². The minimum absolute atomic E-state index is 0.123. The summed E-state index contributed by atoms with van der Waals surface area (Å²) in [6, 6.07) is 16.3. The first-order valence-electron chi connectivity index (χ1n) is 14.4. The lowest BCUT2D eigenvalue weighted by atomic mass is 9.80. The molecule has 2 aliphatic heterocycles. The highest BCUT2D eigenvalue weighted by molar-refractivity contribution is 7.93. The van der Waals surface area contributed by atoms with Crippen LogP contribution in [0.3, 0.4) is 0 Å². The standard InChI is InChI=1S/C32H33ClN4O6S/c1-4-34-20-21-11-14-27(41-2)24(18-21)32(36-16-7-8-26(36)30-35-15-17-43-30)23-19-22(33)12-13-25(23)37(31(32)38)44(39,40)29-10-6-5-9-28(29)42-3/h5-6,9-15,17-19,26,34H,4,7-8,16,20H2,1-3H3/t26-,32?/m0/s1. The van der Waals surface area contributed by atoms with Crippen molar-refractivity contribution < 1.29 is 27.1 Å². The molecule has 0 aliphatic carbocycles. The van der Waals surface area contributed by atoms with E-state index >= 15 is 4.79 Å². The molecule has 10 nitrogen and oxygen atoms in total. The molecule has 6 rings (SSSR count). The summed E-state index contributed by atoms with van der Waals surface area (Å²) in [5.74, 6) is 0.307. The maximum absolute atomic E-state index is 15.4. The van der Waals surface area contributed by atoms with Gasteiger partial charge in [-0.25, -0.2) is 17.7 Å². The number of anilines is 1. The molecule has 4 aromatic rings. The van der Waals surface area contributed by atoms with Gasteiger partial charge in [-0.15, -0.1) is 0 Å². The molecule has 3 aromatic carbocycles. The number of sulfonamides is 1. The van der Waals surface area contributed by atoms with Gasteiger partial charge >= 0.3 is 0 Å². The van der Waals surface area contributed by atoms with E-state index in [1.807, 2.05) is 30.0 Å². The Hall–Kier alpha value is -3.90. The van der Waals surface area contributed by atoms with Crippen LogP contribution < -0.4 is 19.1 Å². The van der Waals surface area contributed by atoms with Crippen molar-refractivity contribution >= 4 is 33.2 Å².